The number of aryl methyl sites for hydroxylation is 1. The molecule has 0 saturated heterocycles. The van der Waals surface area contributed by atoms with Crippen molar-refractivity contribution in [3.63, 3.8) is 0 Å². The lowest BCUT2D eigenvalue weighted by Gasteiger charge is -2.12. The van der Waals surface area contributed by atoms with Crippen molar-refractivity contribution in [2.45, 2.75) is 24.2 Å². The van der Waals surface area contributed by atoms with E-state index in [-0.39, 0.29) is 11.6 Å². The minimum absolute atomic E-state index is 0.215. The van der Waals surface area contributed by atoms with Gasteiger partial charge in [-0.25, -0.2) is 22.2 Å². The molecule has 0 bridgehead atoms. The molecule has 3 rings (SSSR count). The lowest BCUT2D eigenvalue weighted by molar-refractivity contribution is -0.144. The van der Waals surface area contributed by atoms with E-state index in [1.165, 1.54) is 0 Å². The summed E-state index contributed by atoms with van der Waals surface area (Å²) in [6.07, 6.45) is -9.33. The maximum atomic E-state index is 14.6. The van der Waals surface area contributed by atoms with Crippen molar-refractivity contribution in [2.75, 3.05) is 6.26 Å². The second-order valence-electron chi connectivity index (χ2n) is 6.87. The minimum atomic E-state index is -5.09. The van der Waals surface area contributed by atoms with Gasteiger partial charge in [0.1, 0.15) is 16.5 Å². The Balaban J connectivity index is 2.33. The molecule has 0 amide bonds. The molecule has 0 fully saturated rings. The van der Waals surface area contributed by atoms with Gasteiger partial charge in [-0.05, 0) is 30.7 Å². The maximum absolute atomic E-state index is 14.6. The van der Waals surface area contributed by atoms with Crippen molar-refractivity contribution in [2.24, 2.45) is 0 Å². The number of hydrogen-bond acceptors (Lipinski definition) is 3. The summed E-state index contributed by atoms with van der Waals surface area (Å²) in [4.78, 5) is 3.99. The van der Waals surface area contributed by atoms with Crippen molar-refractivity contribution in [1.82, 2.24) is 9.97 Å². The molecule has 4 nitrogen and oxygen atoms in total. The quantitative estimate of drug-likeness (QED) is 0.480. The number of nitrogens with one attached hydrogen (secondary N) is 1. The third kappa shape index (κ3) is 4.47. The van der Waals surface area contributed by atoms with Crippen LogP contribution in [-0.4, -0.2) is 24.6 Å². The fraction of sp³-hybridized carbons (Fsp3) is 0.211. The van der Waals surface area contributed by atoms with Gasteiger partial charge in [0.25, 0.3) is 0 Å². The van der Waals surface area contributed by atoms with E-state index in [1.807, 2.05) is 4.98 Å². The number of nitrogens with zero attached hydrogens (tertiary/aromatic N) is 1. The molecule has 0 radical (unpaired) electrons. The summed E-state index contributed by atoms with van der Waals surface area (Å²) >= 11 is 0. The number of hydrogen-bond donors (Lipinski definition) is 1. The Hall–Kier alpha value is -2.96. The average Bonchev–Trinajstić information content (AvgIpc) is 3.07. The molecule has 2 aromatic carbocycles. The Labute approximate surface area is 175 Å². The standard InChI is InChI=1S/C19H12F8N2O2S/c1-8-3-4-9(5-11(8)18(22,23)24)15-16(29-17(28-15)19(25,26)27)10-6-13(21)14(7-12(10)20)32(2,30)31/h3-7H,1-2H3,(H,28,29). The summed E-state index contributed by atoms with van der Waals surface area (Å²) < 4.78 is 132. The lowest BCUT2D eigenvalue weighted by atomic mass is 9.99. The zero-order chi connectivity index (χ0) is 24.2. The second-order valence-corrected chi connectivity index (χ2v) is 8.85. The molecule has 0 aliphatic heterocycles. The van der Waals surface area contributed by atoms with Crippen LogP contribution in [0.25, 0.3) is 22.5 Å². The van der Waals surface area contributed by atoms with Gasteiger partial charge in [0.2, 0.25) is 5.82 Å². The van der Waals surface area contributed by atoms with Crippen LogP contribution in [0.3, 0.4) is 0 Å². The number of aromatic nitrogens is 2. The summed E-state index contributed by atoms with van der Waals surface area (Å²) in [5, 5.41) is 0. The molecule has 1 aromatic heterocycles. The predicted octanol–water partition coefficient (Wildman–Crippen LogP) is 5.77. The third-order valence-electron chi connectivity index (χ3n) is 4.48. The molecule has 0 spiro atoms. The number of benzene rings is 2. The normalized spacial score (nSPS) is 12.9. The highest BCUT2D eigenvalue weighted by Gasteiger charge is 2.38. The number of H-pyrrole nitrogens is 1. The molecule has 1 N–H and O–H groups in total. The van der Waals surface area contributed by atoms with Gasteiger partial charge in [-0.1, -0.05) is 12.1 Å². The van der Waals surface area contributed by atoms with E-state index in [4.69, 9.17) is 0 Å². The molecule has 0 aliphatic rings. The summed E-state index contributed by atoms with van der Waals surface area (Å²) in [7, 11) is -4.21. The predicted molar refractivity (Wildman–Crippen MR) is 97.2 cm³/mol. The molecule has 0 aliphatic carbocycles. The largest absolute Gasteiger partial charge is 0.449 e. The van der Waals surface area contributed by atoms with Crippen LogP contribution in [0.5, 0.6) is 0 Å². The van der Waals surface area contributed by atoms with E-state index in [1.54, 1.807) is 0 Å². The topological polar surface area (TPSA) is 62.8 Å². The van der Waals surface area contributed by atoms with Gasteiger partial charge >= 0.3 is 12.4 Å². The van der Waals surface area contributed by atoms with E-state index >= 15 is 0 Å². The summed E-state index contributed by atoms with van der Waals surface area (Å²) in [5.74, 6) is -4.56. The summed E-state index contributed by atoms with van der Waals surface area (Å²) in [6.45, 7) is 1.14. The van der Waals surface area contributed by atoms with E-state index in [0.717, 1.165) is 19.1 Å². The van der Waals surface area contributed by atoms with Crippen LogP contribution in [0.4, 0.5) is 35.1 Å². The highest BCUT2D eigenvalue weighted by molar-refractivity contribution is 7.90. The van der Waals surface area contributed by atoms with Crippen molar-refractivity contribution in [3.05, 3.63) is 58.9 Å². The molecule has 3 aromatic rings. The van der Waals surface area contributed by atoms with E-state index < -0.39 is 72.6 Å². The number of sulfone groups is 1. The summed E-state index contributed by atoms with van der Waals surface area (Å²) in [5.41, 5.74) is -4.16. The van der Waals surface area contributed by atoms with Crippen LogP contribution >= 0.6 is 0 Å². The smallest absolute Gasteiger partial charge is 0.334 e. The van der Waals surface area contributed by atoms with Gasteiger partial charge in [0, 0.05) is 17.4 Å². The number of aromatic amines is 1. The van der Waals surface area contributed by atoms with Crippen LogP contribution in [0, 0.1) is 18.6 Å². The van der Waals surface area contributed by atoms with Crippen LogP contribution in [0.2, 0.25) is 0 Å². The molecular weight excluding hydrogens is 472 g/mol. The van der Waals surface area contributed by atoms with Gasteiger partial charge < -0.3 is 4.98 Å². The van der Waals surface area contributed by atoms with Crippen molar-refractivity contribution in [1.29, 1.82) is 0 Å². The summed E-state index contributed by atoms with van der Waals surface area (Å²) in [6, 6.07) is 3.19. The first kappa shape index (κ1) is 23.7. The van der Waals surface area contributed by atoms with Crippen LogP contribution < -0.4 is 0 Å². The Morgan fingerprint density at radius 2 is 1.53 bits per heavy atom. The zero-order valence-electron chi connectivity index (χ0n) is 16.1. The fourth-order valence-corrected chi connectivity index (χ4v) is 3.72. The number of halogens is 8. The maximum Gasteiger partial charge on any atom is 0.449 e. The Kier molecular flexibility index (Phi) is 5.61. The number of alkyl halides is 6. The first-order valence-electron chi connectivity index (χ1n) is 8.55. The molecule has 32 heavy (non-hydrogen) atoms. The molecule has 172 valence electrons. The minimum Gasteiger partial charge on any atom is -0.334 e. The Morgan fingerprint density at radius 1 is 0.906 bits per heavy atom. The number of imidazole rings is 1. The highest BCUT2D eigenvalue weighted by atomic mass is 32.2. The average molecular weight is 484 g/mol. The molecule has 0 unspecified atom stereocenters. The number of rotatable bonds is 3. The van der Waals surface area contributed by atoms with Gasteiger partial charge in [-0.3, -0.25) is 0 Å². The zero-order valence-corrected chi connectivity index (χ0v) is 16.9. The monoisotopic (exact) mass is 484 g/mol. The Morgan fingerprint density at radius 3 is 2.06 bits per heavy atom. The van der Waals surface area contributed by atoms with Crippen molar-refractivity contribution >= 4 is 9.84 Å². The first-order valence-corrected chi connectivity index (χ1v) is 10.4. The SMILES string of the molecule is Cc1ccc(-c2[nH]c(C(F)(F)F)nc2-c2cc(F)c(S(C)(=O)=O)cc2F)cc1C(F)(F)F. The van der Waals surface area contributed by atoms with E-state index in [9.17, 15) is 43.5 Å². The highest BCUT2D eigenvalue weighted by Crippen LogP contribution is 2.40. The fourth-order valence-electron chi connectivity index (χ4n) is 2.99. The Bertz CT molecular complexity index is 1310. The third-order valence-corrected chi connectivity index (χ3v) is 5.59. The second kappa shape index (κ2) is 7.57. The molecule has 0 atom stereocenters. The van der Waals surface area contributed by atoms with Crippen molar-refractivity contribution < 1.29 is 43.5 Å². The van der Waals surface area contributed by atoms with Gasteiger partial charge in [-0.2, -0.15) is 26.3 Å². The molecular formula is C19H12F8N2O2S. The van der Waals surface area contributed by atoms with Crippen LogP contribution in [0.15, 0.2) is 35.2 Å². The van der Waals surface area contributed by atoms with Gasteiger partial charge in [-0.15, -0.1) is 0 Å². The van der Waals surface area contributed by atoms with Crippen molar-refractivity contribution in [3.8, 4) is 22.5 Å². The van der Waals surface area contributed by atoms with Crippen LogP contribution in [-0.2, 0) is 22.2 Å². The van der Waals surface area contributed by atoms with E-state index in [0.29, 0.717) is 18.4 Å². The van der Waals surface area contributed by atoms with Gasteiger partial charge in [0.05, 0.1) is 17.0 Å². The lowest BCUT2D eigenvalue weighted by Crippen LogP contribution is -2.08. The van der Waals surface area contributed by atoms with E-state index in [2.05, 4.69) is 4.98 Å². The molecule has 0 saturated carbocycles. The van der Waals surface area contributed by atoms with Crippen LogP contribution in [0.1, 0.15) is 17.0 Å². The van der Waals surface area contributed by atoms with Gasteiger partial charge in [0.15, 0.2) is 9.84 Å². The molecule has 13 heteroatoms. The molecule has 1 heterocycles. The first-order chi connectivity index (χ1) is 14.5.